The van der Waals surface area contributed by atoms with Gasteiger partial charge < -0.3 is 24.3 Å². The molecule has 1 aromatic heterocycles. The zero-order chi connectivity index (χ0) is 19.6. The Hall–Kier alpha value is -2.13. The third-order valence-corrected chi connectivity index (χ3v) is 4.75. The van der Waals surface area contributed by atoms with E-state index < -0.39 is 0 Å². The van der Waals surface area contributed by atoms with Gasteiger partial charge in [0.25, 0.3) is 0 Å². The second-order valence-electron chi connectivity index (χ2n) is 6.76. The number of hydrogen-bond acceptors (Lipinski definition) is 7. The topological polar surface area (TPSA) is 83.1 Å². The van der Waals surface area contributed by atoms with E-state index >= 15 is 0 Å². The number of hydrogen-bond donors (Lipinski definition) is 2. The van der Waals surface area contributed by atoms with E-state index in [9.17, 15) is 5.11 Å². The second kappa shape index (κ2) is 11.0. The van der Waals surface area contributed by atoms with Crippen LogP contribution in [0.2, 0.25) is 0 Å². The number of rotatable bonds is 11. The van der Waals surface area contributed by atoms with E-state index in [2.05, 4.69) is 19.8 Å². The molecular formula is C20H30N4O4. The first-order chi connectivity index (χ1) is 13.8. The summed E-state index contributed by atoms with van der Waals surface area (Å²) in [5.41, 5.74) is 1.10. The third-order valence-electron chi connectivity index (χ3n) is 4.75. The van der Waals surface area contributed by atoms with Crippen molar-refractivity contribution >= 4 is 0 Å². The number of nitrogens with zero attached hydrogens (tertiary/aromatic N) is 3. The van der Waals surface area contributed by atoms with Crippen LogP contribution in [0, 0.1) is 0 Å². The van der Waals surface area contributed by atoms with Gasteiger partial charge in [0.05, 0.1) is 33.5 Å². The molecule has 1 aliphatic heterocycles. The number of ether oxygens (including phenoxy) is 3. The van der Waals surface area contributed by atoms with Crippen LogP contribution in [0.25, 0.3) is 0 Å². The van der Waals surface area contributed by atoms with Crippen LogP contribution < -0.4 is 9.47 Å². The van der Waals surface area contributed by atoms with Crippen molar-refractivity contribution in [1.29, 1.82) is 0 Å². The van der Waals surface area contributed by atoms with Crippen LogP contribution in [-0.4, -0.2) is 84.6 Å². The van der Waals surface area contributed by atoms with E-state index in [-0.39, 0.29) is 6.61 Å². The number of methoxy groups -OCH3 is 1. The second-order valence-corrected chi connectivity index (χ2v) is 6.76. The van der Waals surface area contributed by atoms with Crippen molar-refractivity contribution in [2.24, 2.45) is 0 Å². The van der Waals surface area contributed by atoms with Crippen LogP contribution in [0.15, 0.2) is 30.6 Å². The number of aliphatic hydroxyl groups is 1. The summed E-state index contributed by atoms with van der Waals surface area (Å²) in [4.78, 5) is 11.9. The van der Waals surface area contributed by atoms with Crippen molar-refractivity contribution in [1.82, 2.24) is 19.8 Å². The predicted molar refractivity (Wildman–Crippen MR) is 106 cm³/mol. The molecule has 2 heterocycles. The van der Waals surface area contributed by atoms with Crippen molar-refractivity contribution in [2.75, 3.05) is 59.7 Å². The smallest absolute Gasteiger partial charge is 0.161 e. The number of morpholine rings is 1. The van der Waals surface area contributed by atoms with Gasteiger partial charge in [0.2, 0.25) is 0 Å². The van der Waals surface area contributed by atoms with Crippen molar-refractivity contribution in [2.45, 2.75) is 13.1 Å². The zero-order valence-corrected chi connectivity index (χ0v) is 16.5. The highest BCUT2D eigenvalue weighted by atomic mass is 16.5. The van der Waals surface area contributed by atoms with Crippen molar-refractivity contribution in [3.63, 3.8) is 0 Å². The molecule has 0 bridgehead atoms. The summed E-state index contributed by atoms with van der Waals surface area (Å²) in [6, 6.07) is 5.98. The first kappa shape index (κ1) is 20.6. The van der Waals surface area contributed by atoms with Crippen molar-refractivity contribution in [3.8, 4) is 11.5 Å². The lowest BCUT2D eigenvalue weighted by molar-refractivity contribution is 0.0321. The van der Waals surface area contributed by atoms with Gasteiger partial charge in [0, 0.05) is 45.1 Å². The van der Waals surface area contributed by atoms with Gasteiger partial charge in [-0.15, -0.1) is 0 Å². The summed E-state index contributed by atoms with van der Waals surface area (Å²) in [5.74, 6) is 2.35. The maximum Gasteiger partial charge on any atom is 0.161 e. The molecule has 3 rings (SSSR count). The van der Waals surface area contributed by atoms with E-state index in [0.717, 1.165) is 55.7 Å². The molecule has 154 valence electrons. The first-order valence-electron chi connectivity index (χ1n) is 9.70. The molecule has 1 saturated heterocycles. The van der Waals surface area contributed by atoms with Crippen molar-refractivity contribution < 1.29 is 19.3 Å². The van der Waals surface area contributed by atoms with E-state index in [1.807, 2.05) is 18.2 Å². The molecule has 0 atom stereocenters. The molecule has 0 saturated carbocycles. The Morgan fingerprint density at radius 2 is 2.11 bits per heavy atom. The standard InChI is InChI=1S/C20H30N4O4/c1-26-18-3-2-17(15-24(6-10-25)16-20-21-4-5-22-20)14-19(18)28-13-9-23-7-11-27-12-8-23/h2-5,14,25H,6-13,15-16H2,1H3,(H,21,22). The summed E-state index contributed by atoms with van der Waals surface area (Å²) < 4.78 is 16.9. The number of H-pyrrole nitrogens is 1. The van der Waals surface area contributed by atoms with Gasteiger partial charge in [-0.05, 0) is 17.7 Å². The van der Waals surface area contributed by atoms with Gasteiger partial charge in [0.15, 0.2) is 11.5 Å². The largest absolute Gasteiger partial charge is 0.493 e. The fourth-order valence-corrected chi connectivity index (χ4v) is 3.25. The lowest BCUT2D eigenvalue weighted by atomic mass is 10.2. The summed E-state index contributed by atoms with van der Waals surface area (Å²) >= 11 is 0. The van der Waals surface area contributed by atoms with Gasteiger partial charge in [-0.1, -0.05) is 6.07 Å². The minimum atomic E-state index is 0.0970. The Morgan fingerprint density at radius 3 is 2.82 bits per heavy atom. The van der Waals surface area contributed by atoms with E-state index in [0.29, 0.717) is 26.2 Å². The number of nitrogens with one attached hydrogen (secondary N) is 1. The van der Waals surface area contributed by atoms with Crippen LogP contribution in [0.5, 0.6) is 11.5 Å². The minimum Gasteiger partial charge on any atom is -0.493 e. The Morgan fingerprint density at radius 1 is 1.25 bits per heavy atom. The quantitative estimate of drug-likeness (QED) is 0.595. The molecule has 8 nitrogen and oxygen atoms in total. The monoisotopic (exact) mass is 390 g/mol. The van der Waals surface area contributed by atoms with E-state index in [1.54, 1.807) is 19.5 Å². The molecule has 0 aliphatic carbocycles. The molecule has 0 radical (unpaired) electrons. The molecule has 8 heteroatoms. The molecule has 0 amide bonds. The molecule has 2 aromatic rings. The van der Waals surface area contributed by atoms with Gasteiger partial charge >= 0.3 is 0 Å². The molecule has 0 spiro atoms. The third kappa shape index (κ3) is 6.20. The van der Waals surface area contributed by atoms with Gasteiger partial charge in [-0.3, -0.25) is 9.80 Å². The predicted octanol–water partition coefficient (Wildman–Crippen LogP) is 1.12. The fraction of sp³-hybridized carbons (Fsp3) is 0.550. The average Bonchev–Trinajstić information content (AvgIpc) is 3.22. The Bertz CT molecular complexity index is 690. The highest BCUT2D eigenvalue weighted by Crippen LogP contribution is 2.28. The molecule has 0 unspecified atom stereocenters. The van der Waals surface area contributed by atoms with Crippen molar-refractivity contribution in [3.05, 3.63) is 42.0 Å². The molecule has 2 N–H and O–H groups in total. The normalized spacial score (nSPS) is 15.1. The highest BCUT2D eigenvalue weighted by Gasteiger charge is 2.13. The zero-order valence-electron chi connectivity index (χ0n) is 16.5. The van der Waals surface area contributed by atoms with Gasteiger partial charge in [-0.2, -0.15) is 0 Å². The summed E-state index contributed by atoms with van der Waals surface area (Å²) in [7, 11) is 1.65. The SMILES string of the molecule is COc1ccc(CN(CCO)Cc2ncc[nH]2)cc1OCCN1CCOCC1. The van der Waals surface area contributed by atoms with Crippen LogP contribution >= 0.6 is 0 Å². The number of imidazole rings is 1. The number of aromatic nitrogens is 2. The maximum absolute atomic E-state index is 9.39. The number of aliphatic hydroxyl groups excluding tert-OH is 1. The molecule has 28 heavy (non-hydrogen) atoms. The van der Waals surface area contributed by atoms with E-state index in [1.165, 1.54) is 0 Å². The Kier molecular flexibility index (Phi) is 8.10. The lowest BCUT2D eigenvalue weighted by Crippen LogP contribution is -2.38. The summed E-state index contributed by atoms with van der Waals surface area (Å²) in [5, 5.41) is 9.39. The molecule has 1 fully saturated rings. The van der Waals surface area contributed by atoms with Gasteiger partial charge in [-0.25, -0.2) is 4.98 Å². The van der Waals surface area contributed by atoms with Crippen LogP contribution in [0.1, 0.15) is 11.4 Å². The minimum absolute atomic E-state index is 0.0970. The Balaban J connectivity index is 1.59. The summed E-state index contributed by atoms with van der Waals surface area (Å²) in [6.07, 6.45) is 3.54. The maximum atomic E-state index is 9.39. The van der Waals surface area contributed by atoms with Gasteiger partial charge in [0.1, 0.15) is 12.4 Å². The Labute approximate surface area is 166 Å². The summed E-state index contributed by atoms with van der Waals surface area (Å²) in [6.45, 7) is 6.94. The number of aromatic amines is 1. The van der Waals surface area contributed by atoms with Crippen LogP contribution in [0.3, 0.4) is 0 Å². The van der Waals surface area contributed by atoms with Crippen LogP contribution in [0.4, 0.5) is 0 Å². The highest BCUT2D eigenvalue weighted by molar-refractivity contribution is 5.43. The molecular weight excluding hydrogens is 360 g/mol. The molecule has 1 aliphatic rings. The fourth-order valence-electron chi connectivity index (χ4n) is 3.25. The molecule has 1 aromatic carbocycles. The number of benzene rings is 1. The lowest BCUT2D eigenvalue weighted by Gasteiger charge is -2.26. The first-order valence-corrected chi connectivity index (χ1v) is 9.70. The van der Waals surface area contributed by atoms with Crippen LogP contribution in [-0.2, 0) is 17.8 Å². The van der Waals surface area contributed by atoms with E-state index in [4.69, 9.17) is 14.2 Å². The average molecular weight is 390 g/mol.